The molecule has 1 N–H and O–H groups in total. The smallest absolute Gasteiger partial charge is 0.262 e. The molecule has 2 aromatic rings. The molecule has 7 heteroatoms. The van der Waals surface area contributed by atoms with E-state index in [0.29, 0.717) is 16.8 Å². The molecule has 3 rings (SSSR count). The van der Waals surface area contributed by atoms with Gasteiger partial charge in [0.25, 0.3) is 17.7 Å². The van der Waals surface area contributed by atoms with Gasteiger partial charge >= 0.3 is 0 Å². The van der Waals surface area contributed by atoms with Crippen molar-refractivity contribution in [1.82, 2.24) is 4.90 Å². The van der Waals surface area contributed by atoms with Gasteiger partial charge in [-0.05, 0) is 57.2 Å². The van der Waals surface area contributed by atoms with Gasteiger partial charge in [0.05, 0.1) is 23.3 Å². The number of anilines is 1. The molecule has 0 radical (unpaired) electrons. The van der Waals surface area contributed by atoms with E-state index < -0.39 is 23.4 Å². The molecule has 0 fully saturated rings. The van der Waals surface area contributed by atoms with Crippen LogP contribution in [0.1, 0.15) is 41.5 Å². The molecule has 1 aliphatic heterocycles. The highest BCUT2D eigenvalue weighted by Gasteiger charge is 2.44. The zero-order valence-corrected chi connectivity index (χ0v) is 15.9. The summed E-state index contributed by atoms with van der Waals surface area (Å²) in [6, 6.07) is 12.0. The van der Waals surface area contributed by atoms with Gasteiger partial charge in [0.2, 0.25) is 0 Å². The number of carbonyl (C=O) groups is 3. The molecule has 0 aliphatic carbocycles. The third kappa shape index (κ3) is 3.80. The zero-order valence-electron chi connectivity index (χ0n) is 15.9. The first-order valence-corrected chi connectivity index (χ1v) is 8.86. The van der Waals surface area contributed by atoms with E-state index in [1.807, 2.05) is 0 Å². The predicted octanol–water partition coefficient (Wildman–Crippen LogP) is 3.24. The minimum atomic E-state index is -0.947. The van der Waals surface area contributed by atoms with Crippen LogP contribution in [0, 0.1) is 5.82 Å². The van der Waals surface area contributed by atoms with Gasteiger partial charge in [0.1, 0.15) is 11.9 Å². The minimum Gasteiger partial charge on any atom is -0.366 e. The number of amides is 3. The number of fused-ring (bicyclic) bond motifs is 1. The standard InChI is InChI=1S/C21H21FN2O4/c1-13(18(25)23-15-10-8-14(22)9-11-15)28-12-21(2,3)24-19(26)16-6-4-5-7-17(16)20(24)27/h4-11,13H,12H2,1-3H3,(H,23,25). The Hall–Kier alpha value is -3.06. The van der Waals surface area contributed by atoms with Crippen LogP contribution in [-0.4, -0.2) is 40.9 Å². The van der Waals surface area contributed by atoms with Crippen LogP contribution < -0.4 is 5.32 Å². The Bertz CT molecular complexity index is 889. The Morgan fingerprint density at radius 1 is 1.07 bits per heavy atom. The van der Waals surface area contributed by atoms with E-state index in [9.17, 15) is 18.8 Å². The molecule has 0 saturated heterocycles. The van der Waals surface area contributed by atoms with Crippen LogP contribution in [0.3, 0.4) is 0 Å². The van der Waals surface area contributed by atoms with E-state index in [-0.39, 0.29) is 18.4 Å². The van der Waals surface area contributed by atoms with Crippen molar-refractivity contribution in [1.29, 1.82) is 0 Å². The normalized spacial score (nSPS) is 14.8. The minimum absolute atomic E-state index is 0.0174. The average molecular weight is 384 g/mol. The first kappa shape index (κ1) is 19.7. The van der Waals surface area contributed by atoms with Crippen molar-refractivity contribution in [3.05, 3.63) is 65.5 Å². The molecule has 1 aliphatic rings. The third-order valence-electron chi connectivity index (χ3n) is 4.57. The topological polar surface area (TPSA) is 75.7 Å². The quantitative estimate of drug-likeness (QED) is 0.776. The lowest BCUT2D eigenvalue weighted by Gasteiger charge is -2.34. The number of ether oxygens (including phenoxy) is 1. The highest BCUT2D eigenvalue weighted by Crippen LogP contribution is 2.29. The summed E-state index contributed by atoms with van der Waals surface area (Å²) >= 11 is 0. The van der Waals surface area contributed by atoms with Crippen LogP contribution in [0.25, 0.3) is 0 Å². The maximum atomic E-state index is 12.9. The molecule has 2 aromatic carbocycles. The Labute approximate surface area is 162 Å². The van der Waals surface area contributed by atoms with Crippen LogP contribution >= 0.6 is 0 Å². The monoisotopic (exact) mass is 384 g/mol. The van der Waals surface area contributed by atoms with Gasteiger partial charge in [0.15, 0.2) is 0 Å². The molecule has 0 spiro atoms. The van der Waals surface area contributed by atoms with E-state index in [2.05, 4.69) is 5.32 Å². The first-order chi connectivity index (χ1) is 13.2. The van der Waals surface area contributed by atoms with Crippen LogP contribution in [0.15, 0.2) is 48.5 Å². The number of hydrogen-bond donors (Lipinski definition) is 1. The highest BCUT2D eigenvalue weighted by atomic mass is 19.1. The summed E-state index contributed by atoms with van der Waals surface area (Å²) in [6.45, 7) is 4.96. The molecule has 28 heavy (non-hydrogen) atoms. The maximum absolute atomic E-state index is 12.9. The summed E-state index contributed by atoms with van der Waals surface area (Å²) in [7, 11) is 0. The number of halogens is 1. The molecule has 0 aromatic heterocycles. The number of rotatable bonds is 6. The lowest BCUT2D eigenvalue weighted by molar-refractivity contribution is -0.128. The Balaban J connectivity index is 1.63. The molecular formula is C21H21FN2O4. The second-order valence-corrected chi connectivity index (χ2v) is 7.25. The van der Waals surface area contributed by atoms with Gasteiger partial charge in [-0.2, -0.15) is 0 Å². The van der Waals surface area contributed by atoms with E-state index in [1.54, 1.807) is 45.0 Å². The number of hydrogen-bond acceptors (Lipinski definition) is 4. The number of carbonyl (C=O) groups excluding carboxylic acids is 3. The summed E-state index contributed by atoms with van der Waals surface area (Å²) in [4.78, 5) is 38.7. The molecule has 1 atom stereocenters. The van der Waals surface area contributed by atoms with Crippen LogP contribution in [-0.2, 0) is 9.53 Å². The average Bonchev–Trinajstić information content (AvgIpc) is 2.93. The van der Waals surface area contributed by atoms with Gasteiger partial charge in [-0.15, -0.1) is 0 Å². The Morgan fingerprint density at radius 2 is 1.61 bits per heavy atom. The summed E-state index contributed by atoms with van der Waals surface area (Å²) in [5.74, 6) is -1.56. The maximum Gasteiger partial charge on any atom is 0.262 e. The Morgan fingerprint density at radius 3 is 2.14 bits per heavy atom. The lowest BCUT2D eigenvalue weighted by Crippen LogP contribution is -2.51. The lowest BCUT2D eigenvalue weighted by atomic mass is 10.0. The van der Waals surface area contributed by atoms with Crippen LogP contribution in [0.2, 0.25) is 0 Å². The number of imide groups is 1. The van der Waals surface area contributed by atoms with Crippen molar-refractivity contribution < 1.29 is 23.5 Å². The summed E-state index contributed by atoms with van der Waals surface area (Å²) in [6.07, 6.45) is -0.834. The molecule has 1 unspecified atom stereocenters. The molecule has 146 valence electrons. The zero-order chi connectivity index (χ0) is 20.5. The van der Waals surface area contributed by atoms with Crippen molar-refractivity contribution in [2.24, 2.45) is 0 Å². The molecular weight excluding hydrogens is 363 g/mol. The SMILES string of the molecule is CC(OCC(C)(C)N1C(=O)c2ccccc2C1=O)C(=O)Nc1ccc(F)cc1. The Kier molecular flexibility index (Phi) is 5.29. The fraction of sp³-hybridized carbons (Fsp3) is 0.286. The molecule has 0 bridgehead atoms. The number of benzene rings is 2. The second-order valence-electron chi connectivity index (χ2n) is 7.25. The van der Waals surface area contributed by atoms with Gasteiger partial charge in [-0.3, -0.25) is 19.3 Å². The molecule has 0 saturated carbocycles. The number of nitrogens with zero attached hydrogens (tertiary/aromatic N) is 1. The van der Waals surface area contributed by atoms with Crippen molar-refractivity contribution in [3.8, 4) is 0 Å². The first-order valence-electron chi connectivity index (χ1n) is 8.86. The van der Waals surface area contributed by atoms with Gasteiger partial charge in [-0.25, -0.2) is 4.39 Å². The van der Waals surface area contributed by atoms with Gasteiger partial charge in [0, 0.05) is 5.69 Å². The van der Waals surface area contributed by atoms with Gasteiger partial charge < -0.3 is 10.1 Å². The third-order valence-corrected chi connectivity index (χ3v) is 4.57. The van der Waals surface area contributed by atoms with Crippen molar-refractivity contribution in [3.63, 3.8) is 0 Å². The fourth-order valence-corrected chi connectivity index (χ4v) is 2.99. The largest absolute Gasteiger partial charge is 0.366 e. The highest BCUT2D eigenvalue weighted by molar-refractivity contribution is 6.21. The van der Waals surface area contributed by atoms with E-state index in [1.165, 1.54) is 29.2 Å². The second kappa shape index (κ2) is 7.52. The summed E-state index contributed by atoms with van der Waals surface area (Å²) < 4.78 is 18.6. The fourth-order valence-electron chi connectivity index (χ4n) is 2.99. The van der Waals surface area contributed by atoms with Crippen LogP contribution in [0.4, 0.5) is 10.1 Å². The van der Waals surface area contributed by atoms with E-state index in [4.69, 9.17) is 4.74 Å². The molecule has 1 heterocycles. The van der Waals surface area contributed by atoms with Gasteiger partial charge in [-0.1, -0.05) is 12.1 Å². The predicted molar refractivity (Wildman–Crippen MR) is 101 cm³/mol. The van der Waals surface area contributed by atoms with Crippen molar-refractivity contribution in [2.75, 3.05) is 11.9 Å². The van der Waals surface area contributed by atoms with E-state index in [0.717, 1.165) is 0 Å². The molecule has 3 amide bonds. The van der Waals surface area contributed by atoms with E-state index >= 15 is 0 Å². The molecule has 6 nitrogen and oxygen atoms in total. The number of nitrogens with one attached hydrogen (secondary N) is 1. The summed E-state index contributed by atoms with van der Waals surface area (Å²) in [5, 5.41) is 2.63. The van der Waals surface area contributed by atoms with Crippen LogP contribution in [0.5, 0.6) is 0 Å². The van der Waals surface area contributed by atoms with Crippen molar-refractivity contribution >= 4 is 23.4 Å². The summed E-state index contributed by atoms with van der Waals surface area (Å²) in [5.41, 5.74) is 0.226. The van der Waals surface area contributed by atoms with Crippen molar-refractivity contribution in [2.45, 2.75) is 32.4 Å².